The average molecular weight is 421 g/mol. The quantitative estimate of drug-likeness (QED) is 0.534. The maximum absolute atomic E-state index is 12.4. The van der Waals surface area contributed by atoms with E-state index >= 15 is 0 Å². The summed E-state index contributed by atoms with van der Waals surface area (Å²) in [5.41, 5.74) is 3.26. The first-order valence-corrected chi connectivity index (χ1v) is 11.1. The highest BCUT2D eigenvalue weighted by atomic mass is 32.2. The predicted octanol–water partition coefficient (Wildman–Crippen LogP) is 4.60. The number of aliphatic imine (C=N–C) groups is 1. The first-order valence-electron chi connectivity index (χ1n) is 10.2. The fourth-order valence-electron chi connectivity index (χ4n) is 3.69. The number of amidine groups is 1. The minimum Gasteiger partial charge on any atom is -0.466 e. The number of likely N-dealkylation sites (tertiary alicyclic amines) is 1. The second-order valence-corrected chi connectivity index (χ2v) is 8.34. The van der Waals surface area contributed by atoms with E-state index in [4.69, 9.17) is 4.74 Å². The molecule has 0 radical (unpaired) electrons. The van der Waals surface area contributed by atoms with Gasteiger partial charge in [-0.05, 0) is 54.3 Å². The van der Waals surface area contributed by atoms with Crippen molar-refractivity contribution < 1.29 is 14.3 Å². The standard InChI is InChI=1S/C24H24N2O3S/c1-2-29-23(28)20-9-6-14-26(16-20)24-25-22(27)21(30-24)15-17-10-12-19(13-11-17)18-7-4-3-5-8-18/h3-5,7-8,10-13,15,20H,2,6,9,14,16H2,1H3/b21-15-/t20-/m0/s1. The third-order valence-electron chi connectivity index (χ3n) is 5.24. The van der Waals surface area contributed by atoms with E-state index < -0.39 is 0 Å². The zero-order valence-corrected chi connectivity index (χ0v) is 17.7. The lowest BCUT2D eigenvalue weighted by Crippen LogP contribution is -2.41. The minimum atomic E-state index is -0.222. The fraction of sp³-hybridized carbons (Fsp3) is 0.292. The van der Waals surface area contributed by atoms with Gasteiger partial charge < -0.3 is 9.64 Å². The summed E-state index contributed by atoms with van der Waals surface area (Å²) in [5, 5.41) is 0.682. The predicted molar refractivity (Wildman–Crippen MR) is 121 cm³/mol. The van der Waals surface area contributed by atoms with E-state index in [9.17, 15) is 9.59 Å². The molecule has 1 amide bonds. The van der Waals surface area contributed by atoms with Crippen LogP contribution in [-0.4, -0.2) is 41.6 Å². The van der Waals surface area contributed by atoms with Gasteiger partial charge in [0, 0.05) is 13.1 Å². The van der Waals surface area contributed by atoms with Crippen LogP contribution in [0.2, 0.25) is 0 Å². The van der Waals surface area contributed by atoms with Gasteiger partial charge in [0.05, 0.1) is 17.4 Å². The molecule has 1 atom stereocenters. The molecule has 0 N–H and O–H groups in total. The lowest BCUT2D eigenvalue weighted by molar-refractivity contribution is -0.149. The van der Waals surface area contributed by atoms with Crippen molar-refractivity contribution in [2.75, 3.05) is 19.7 Å². The Balaban J connectivity index is 1.43. The van der Waals surface area contributed by atoms with E-state index in [1.807, 2.05) is 48.2 Å². The number of hydrogen-bond donors (Lipinski definition) is 0. The fourth-order valence-corrected chi connectivity index (χ4v) is 4.64. The second-order valence-electron chi connectivity index (χ2n) is 7.34. The van der Waals surface area contributed by atoms with E-state index in [0.717, 1.165) is 36.1 Å². The molecule has 2 aliphatic rings. The van der Waals surface area contributed by atoms with Crippen molar-refractivity contribution in [2.45, 2.75) is 19.8 Å². The normalized spacial score (nSPS) is 20.4. The topological polar surface area (TPSA) is 59.0 Å². The average Bonchev–Trinajstić information content (AvgIpc) is 3.15. The number of ether oxygens (including phenoxy) is 1. The van der Waals surface area contributed by atoms with Gasteiger partial charge >= 0.3 is 5.97 Å². The molecule has 2 heterocycles. The Labute approximate surface area is 180 Å². The van der Waals surface area contributed by atoms with Crippen molar-refractivity contribution in [1.82, 2.24) is 4.90 Å². The van der Waals surface area contributed by atoms with Gasteiger partial charge in [-0.3, -0.25) is 9.59 Å². The Morgan fingerprint density at radius 2 is 1.90 bits per heavy atom. The Kier molecular flexibility index (Phi) is 6.33. The van der Waals surface area contributed by atoms with Crippen molar-refractivity contribution in [2.24, 2.45) is 10.9 Å². The number of hydrogen-bond acceptors (Lipinski definition) is 5. The summed E-state index contributed by atoms with van der Waals surface area (Å²) in [4.78, 5) is 31.4. The molecule has 6 heteroatoms. The SMILES string of the molecule is CCOC(=O)[C@H]1CCCN(C2=NC(=O)/C(=C/c3ccc(-c4ccccc4)cc3)S2)C1. The first kappa shape index (κ1) is 20.4. The van der Waals surface area contributed by atoms with Gasteiger partial charge in [-0.2, -0.15) is 4.99 Å². The Morgan fingerprint density at radius 1 is 1.17 bits per heavy atom. The summed E-state index contributed by atoms with van der Waals surface area (Å²) < 4.78 is 5.16. The molecule has 0 bridgehead atoms. The second kappa shape index (κ2) is 9.30. The van der Waals surface area contributed by atoms with Crippen LogP contribution in [0.5, 0.6) is 0 Å². The number of rotatable bonds is 4. The molecule has 30 heavy (non-hydrogen) atoms. The smallest absolute Gasteiger partial charge is 0.310 e. The zero-order valence-electron chi connectivity index (χ0n) is 16.9. The first-order chi connectivity index (χ1) is 14.6. The van der Waals surface area contributed by atoms with Gasteiger partial charge in [0.2, 0.25) is 0 Å². The Bertz CT molecular complexity index is 983. The van der Waals surface area contributed by atoms with E-state index in [-0.39, 0.29) is 17.8 Å². The molecule has 2 aromatic carbocycles. The van der Waals surface area contributed by atoms with Crippen molar-refractivity contribution in [3.63, 3.8) is 0 Å². The molecule has 2 aromatic rings. The van der Waals surface area contributed by atoms with Crippen LogP contribution in [-0.2, 0) is 14.3 Å². The summed E-state index contributed by atoms with van der Waals surface area (Å²) in [6.45, 7) is 3.56. The van der Waals surface area contributed by atoms with E-state index in [1.54, 1.807) is 0 Å². The number of carbonyl (C=O) groups is 2. The van der Waals surface area contributed by atoms with Crippen LogP contribution in [0.15, 0.2) is 64.5 Å². The van der Waals surface area contributed by atoms with Gasteiger partial charge in [0.1, 0.15) is 0 Å². The van der Waals surface area contributed by atoms with Crippen LogP contribution in [0.1, 0.15) is 25.3 Å². The molecule has 2 aliphatic heterocycles. The van der Waals surface area contributed by atoms with Crippen molar-refractivity contribution in [3.05, 3.63) is 65.1 Å². The maximum atomic E-state index is 12.4. The molecule has 0 spiro atoms. The van der Waals surface area contributed by atoms with Crippen molar-refractivity contribution in [3.8, 4) is 11.1 Å². The minimum absolute atomic E-state index is 0.157. The van der Waals surface area contributed by atoms with E-state index in [2.05, 4.69) is 29.3 Å². The lowest BCUT2D eigenvalue weighted by Gasteiger charge is -2.32. The molecule has 0 unspecified atom stereocenters. The molecule has 5 nitrogen and oxygen atoms in total. The summed E-state index contributed by atoms with van der Waals surface area (Å²) in [5.74, 6) is -0.539. The van der Waals surface area contributed by atoms with Crippen LogP contribution in [0, 0.1) is 5.92 Å². The molecule has 0 saturated carbocycles. The molecule has 1 saturated heterocycles. The van der Waals surface area contributed by atoms with Crippen LogP contribution in [0.4, 0.5) is 0 Å². The van der Waals surface area contributed by atoms with Crippen LogP contribution >= 0.6 is 11.8 Å². The van der Waals surface area contributed by atoms with Gasteiger partial charge in [-0.15, -0.1) is 0 Å². The Hall–Kier alpha value is -2.86. The molecule has 1 fully saturated rings. The number of benzene rings is 2. The maximum Gasteiger partial charge on any atom is 0.310 e. The molecule has 0 aromatic heterocycles. The monoisotopic (exact) mass is 420 g/mol. The van der Waals surface area contributed by atoms with Crippen molar-refractivity contribution in [1.29, 1.82) is 0 Å². The zero-order chi connectivity index (χ0) is 20.9. The molecule has 0 aliphatic carbocycles. The summed E-state index contributed by atoms with van der Waals surface area (Å²) >= 11 is 1.38. The number of amides is 1. The summed E-state index contributed by atoms with van der Waals surface area (Å²) in [7, 11) is 0. The van der Waals surface area contributed by atoms with E-state index in [1.165, 1.54) is 11.8 Å². The van der Waals surface area contributed by atoms with Gasteiger partial charge in [-0.1, -0.05) is 54.6 Å². The van der Waals surface area contributed by atoms with Crippen LogP contribution in [0.3, 0.4) is 0 Å². The summed E-state index contributed by atoms with van der Waals surface area (Å²) in [6, 6.07) is 18.3. The summed E-state index contributed by atoms with van der Waals surface area (Å²) in [6.07, 6.45) is 3.58. The van der Waals surface area contributed by atoms with Crippen LogP contribution < -0.4 is 0 Å². The molecule has 154 valence electrons. The number of thioether (sulfide) groups is 1. The number of piperidine rings is 1. The number of nitrogens with zero attached hydrogens (tertiary/aromatic N) is 2. The van der Waals surface area contributed by atoms with Gasteiger partial charge in [0.25, 0.3) is 5.91 Å². The number of esters is 1. The van der Waals surface area contributed by atoms with Gasteiger partial charge in [0.15, 0.2) is 5.17 Å². The largest absolute Gasteiger partial charge is 0.466 e. The highest BCUT2D eigenvalue weighted by molar-refractivity contribution is 8.18. The van der Waals surface area contributed by atoms with E-state index in [0.29, 0.717) is 23.2 Å². The molecule has 4 rings (SSSR count). The highest BCUT2D eigenvalue weighted by Gasteiger charge is 2.32. The van der Waals surface area contributed by atoms with Crippen molar-refractivity contribution >= 4 is 34.9 Å². The highest BCUT2D eigenvalue weighted by Crippen LogP contribution is 2.32. The third kappa shape index (κ3) is 4.65. The molecular formula is C24H24N2O3S. The van der Waals surface area contributed by atoms with Crippen LogP contribution in [0.25, 0.3) is 17.2 Å². The Morgan fingerprint density at radius 3 is 2.63 bits per heavy atom. The number of carbonyl (C=O) groups excluding carboxylic acids is 2. The van der Waals surface area contributed by atoms with Gasteiger partial charge in [-0.25, -0.2) is 0 Å². The molecular weight excluding hydrogens is 396 g/mol. The lowest BCUT2D eigenvalue weighted by atomic mass is 9.99. The third-order valence-corrected chi connectivity index (χ3v) is 6.28.